The predicted molar refractivity (Wildman–Crippen MR) is 67.3 cm³/mol. The Morgan fingerprint density at radius 1 is 1.53 bits per heavy atom. The molecule has 0 saturated heterocycles. The number of nitrogens with zero attached hydrogens (tertiary/aromatic N) is 2. The summed E-state index contributed by atoms with van der Waals surface area (Å²) in [4.78, 5) is 22.3. The predicted octanol–water partition coefficient (Wildman–Crippen LogP) is 2.69. The highest BCUT2D eigenvalue weighted by atomic mass is 35.5. The summed E-state index contributed by atoms with van der Waals surface area (Å²) in [6, 6.07) is 0. The van der Waals surface area contributed by atoms with Crippen LogP contribution < -0.4 is 5.32 Å². The Balaban J connectivity index is 2.51. The molecule has 2 rings (SSSR count). The van der Waals surface area contributed by atoms with E-state index in [2.05, 4.69) is 20.3 Å². The maximum absolute atomic E-state index is 10.9. The van der Waals surface area contributed by atoms with E-state index in [9.17, 15) is 4.79 Å². The average molecular weight is 253 g/mol. The van der Waals surface area contributed by atoms with Gasteiger partial charge in [0.15, 0.2) is 0 Å². The van der Waals surface area contributed by atoms with Gasteiger partial charge in [-0.1, -0.05) is 25.4 Å². The summed E-state index contributed by atoms with van der Waals surface area (Å²) < 4.78 is 0. The third-order valence-electron chi connectivity index (χ3n) is 2.38. The van der Waals surface area contributed by atoms with Crippen molar-refractivity contribution in [2.24, 2.45) is 0 Å². The molecular weight excluding hydrogens is 240 g/mol. The van der Waals surface area contributed by atoms with E-state index in [0.29, 0.717) is 10.7 Å². The first kappa shape index (κ1) is 11.9. The van der Waals surface area contributed by atoms with Gasteiger partial charge >= 0.3 is 0 Å². The van der Waals surface area contributed by atoms with E-state index in [1.165, 1.54) is 6.92 Å². The zero-order chi connectivity index (χ0) is 12.6. The van der Waals surface area contributed by atoms with Gasteiger partial charge in [0.2, 0.25) is 11.9 Å². The van der Waals surface area contributed by atoms with E-state index in [1.807, 2.05) is 13.8 Å². The summed E-state index contributed by atoms with van der Waals surface area (Å²) in [5, 5.41) is 3.94. The molecule has 0 aliphatic heterocycles. The molecule has 90 valence electrons. The van der Waals surface area contributed by atoms with Gasteiger partial charge < -0.3 is 4.98 Å². The maximum atomic E-state index is 10.9. The number of anilines is 1. The molecule has 0 aliphatic rings. The second kappa shape index (κ2) is 4.33. The highest BCUT2D eigenvalue weighted by molar-refractivity contribution is 6.36. The zero-order valence-electron chi connectivity index (χ0n) is 9.84. The van der Waals surface area contributed by atoms with Crippen LogP contribution in [0.1, 0.15) is 32.4 Å². The number of fused-ring (bicyclic) bond motifs is 1. The Bertz CT molecular complexity index is 576. The van der Waals surface area contributed by atoms with E-state index < -0.39 is 0 Å². The van der Waals surface area contributed by atoms with Gasteiger partial charge in [-0.2, -0.15) is 4.98 Å². The van der Waals surface area contributed by atoms with E-state index in [1.54, 1.807) is 6.20 Å². The average Bonchev–Trinajstić information content (AvgIpc) is 2.55. The summed E-state index contributed by atoms with van der Waals surface area (Å²) >= 11 is 6.21. The number of carbonyl (C=O) groups excluding carboxylic acids is 1. The van der Waals surface area contributed by atoms with Crippen LogP contribution >= 0.6 is 11.6 Å². The molecule has 0 fully saturated rings. The van der Waals surface area contributed by atoms with Crippen LogP contribution in [-0.2, 0) is 4.79 Å². The molecule has 0 saturated carbocycles. The summed E-state index contributed by atoms with van der Waals surface area (Å²) in [5.41, 5.74) is 1.56. The van der Waals surface area contributed by atoms with Crippen molar-refractivity contribution in [1.29, 1.82) is 0 Å². The lowest BCUT2D eigenvalue weighted by molar-refractivity contribution is -0.114. The minimum atomic E-state index is -0.203. The molecule has 0 atom stereocenters. The Kier molecular flexibility index (Phi) is 3.02. The number of aromatic nitrogens is 3. The molecule has 0 aromatic carbocycles. The van der Waals surface area contributed by atoms with Gasteiger partial charge in [-0.15, -0.1) is 0 Å². The number of amides is 1. The number of hydrogen-bond donors (Lipinski definition) is 2. The van der Waals surface area contributed by atoms with Gasteiger partial charge in [0, 0.05) is 18.8 Å². The van der Waals surface area contributed by atoms with Crippen molar-refractivity contribution in [1.82, 2.24) is 15.0 Å². The van der Waals surface area contributed by atoms with E-state index >= 15 is 0 Å². The molecule has 1 amide bonds. The number of nitrogens with one attached hydrogen (secondary N) is 2. The first-order chi connectivity index (χ1) is 7.99. The molecular formula is C11H13ClN4O. The van der Waals surface area contributed by atoms with Crippen molar-refractivity contribution in [2.75, 3.05) is 5.32 Å². The fraction of sp³-hybridized carbons (Fsp3) is 0.364. The first-order valence-corrected chi connectivity index (χ1v) is 5.68. The van der Waals surface area contributed by atoms with Crippen LogP contribution in [0, 0.1) is 0 Å². The molecule has 0 spiro atoms. The molecule has 5 nitrogen and oxygen atoms in total. The largest absolute Gasteiger partial charge is 0.341 e. The van der Waals surface area contributed by atoms with Crippen LogP contribution in [0.5, 0.6) is 0 Å². The molecule has 2 N–H and O–H groups in total. The Hall–Kier alpha value is -1.62. The second-order valence-corrected chi connectivity index (χ2v) is 4.52. The lowest BCUT2D eigenvalue weighted by atomic mass is 10.1. The van der Waals surface area contributed by atoms with Gasteiger partial charge in [0.1, 0.15) is 5.65 Å². The van der Waals surface area contributed by atoms with Gasteiger partial charge in [-0.3, -0.25) is 10.1 Å². The van der Waals surface area contributed by atoms with Crippen LogP contribution in [0.25, 0.3) is 11.0 Å². The van der Waals surface area contributed by atoms with Gasteiger partial charge in [-0.05, 0) is 5.92 Å². The Labute approximate surface area is 104 Å². The van der Waals surface area contributed by atoms with Crippen LogP contribution in [-0.4, -0.2) is 20.9 Å². The summed E-state index contributed by atoms with van der Waals surface area (Å²) in [6.45, 7) is 5.49. The lowest BCUT2D eigenvalue weighted by Gasteiger charge is -2.00. The van der Waals surface area contributed by atoms with E-state index in [-0.39, 0.29) is 17.8 Å². The van der Waals surface area contributed by atoms with E-state index in [0.717, 1.165) is 11.1 Å². The summed E-state index contributed by atoms with van der Waals surface area (Å²) in [5.74, 6) is 0.352. The van der Waals surface area contributed by atoms with Gasteiger partial charge in [0.25, 0.3) is 0 Å². The highest BCUT2D eigenvalue weighted by Crippen LogP contribution is 2.30. The molecule has 0 unspecified atom stereocenters. The third-order valence-corrected chi connectivity index (χ3v) is 2.79. The molecule has 2 aromatic rings. The number of rotatable bonds is 2. The second-order valence-electron chi connectivity index (χ2n) is 4.14. The number of H-pyrrole nitrogens is 1. The number of hydrogen-bond acceptors (Lipinski definition) is 3. The van der Waals surface area contributed by atoms with Crippen LogP contribution in [0.15, 0.2) is 6.20 Å². The molecule has 6 heteroatoms. The van der Waals surface area contributed by atoms with Crippen LogP contribution in [0.2, 0.25) is 5.02 Å². The van der Waals surface area contributed by atoms with Crippen molar-refractivity contribution in [3.8, 4) is 0 Å². The fourth-order valence-corrected chi connectivity index (χ4v) is 1.98. The molecule has 0 aliphatic carbocycles. The van der Waals surface area contributed by atoms with E-state index in [4.69, 9.17) is 11.6 Å². The number of aromatic amines is 1. The normalized spacial score (nSPS) is 11.1. The van der Waals surface area contributed by atoms with Crippen LogP contribution in [0.4, 0.5) is 5.95 Å². The molecule has 0 bridgehead atoms. The number of halogens is 1. The van der Waals surface area contributed by atoms with Crippen LogP contribution in [0.3, 0.4) is 0 Å². The van der Waals surface area contributed by atoms with Gasteiger partial charge in [0.05, 0.1) is 10.4 Å². The minimum absolute atomic E-state index is 0.203. The number of carbonyl (C=O) groups is 1. The highest BCUT2D eigenvalue weighted by Gasteiger charge is 2.14. The van der Waals surface area contributed by atoms with Crippen molar-refractivity contribution >= 4 is 34.5 Å². The van der Waals surface area contributed by atoms with Crippen molar-refractivity contribution in [3.63, 3.8) is 0 Å². The van der Waals surface area contributed by atoms with Crippen molar-refractivity contribution in [2.45, 2.75) is 26.7 Å². The quantitative estimate of drug-likeness (QED) is 0.863. The zero-order valence-corrected chi connectivity index (χ0v) is 10.6. The molecule has 2 aromatic heterocycles. The third kappa shape index (κ3) is 2.24. The van der Waals surface area contributed by atoms with Gasteiger partial charge in [-0.25, -0.2) is 4.98 Å². The molecule has 17 heavy (non-hydrogen) atoms. The topological polar surface area (TPSA) is 70.7 Å². The van der Waals surface area contributed by atoms with Crippen molar-refractivity contribution < 1.29 is 4.79 Å². The molecule has 2 heterocycles. The molecule has 0 radical (unpaired) electrons. The SMILES string of the molecule is CC(=O)Nc1ncc2c(Cl)c(C(C)C)[nH]c2n1. The minimum Gasteiger partial charge on any atom is -0.341 e. The Morgan fingerprint density at radius 3 is 2.82 bits per heavy atom. The summed E-state index contributed by atoms with van der Waals surface area (Å²) in [7, 11) is 0. The Morgan fingerprint density at radius 2 is 2.24 bits per heavy atom. The first-order valence-electron chi connectivity index (χ1n) is 5.30. The standard InChI is InChI=1S/C11H13ClN4O/c1-5(2)9-8(12)7-4-13-11(14-6(3)17)16-10(7)15-9/h4-5H,1-3H3,(H2,13,14,15,16,17). The summed E-state index contributed by atoms with van der Waals surface area (Å²) in [6.07, 6.45) is 1.61. The fourth-order valence-electron chi connectivity index (χ4n) is 1.58. The lowest BCUT2D eigenvalue weighted by Crippen LogP contribution is -2.08. The maximum Gasteiger partial charge on any atom is 0.231 e. The smallest absolute Gasteiger partial charge is 0.231 e. The van der Waals surface area contributed by atoms with Crippen molar-refractivity contribution in [3.05, 3.63) is 16.9 Å². The monoisotopic (exact) mass is 252 g/mol.